The normalized spacial score (nSPS) is 11.8. The predicted octanol–water partition coefficient (Wildman–Crippen LogP) is 1.39. The molecule has 15 heavy (non-hydrogen) atoms. The van der Waals surface area contributed by atoms with Gasteiger partial charge in [0.2, 0.25) is 0 Å². The van der Waals surface area contributed by atoms with Crippen LogP contribution in [0.5, 0.6) is 0 Å². The van der Waals surface area contributed by atoms with Crippen LogP contribution in [0, 0.1) is 0 Å². The van der Waals surface area contributed by atoms with Crippen LogP contribution in [0.15, 0.2) is 22.1 Å². The largest absolute Gasteiger partial charge is 0.459 e. The molecule has 0 aliphatic heterocycles. The fourth-order valence-electron chi connectivity index (χ4n) is 1.12. The first kappa shape index (κ1) is 11.7. The predicted molar refractivity (Wildman–Crippen MR) is 55.2 cm³/mol. The number of carbonyl (C=O) groups excluding carboxylic acids is 1. The highest BCUT2D eigenvalue weighted by Gasteiger charge is 2.04. The van der Waals surface area contributed by atoms with E-state index in [0.29, 0.717) is 23.7 Å². The van der Waals surface area contributed by atoms with Gasteiger partial charge in [-0.15, -0.1) is 0 Å². The number of hydrogen-bond acceptors (Lipinski definition) is 4. The van der Waals surface area contributed by atoms with Crippen LogP contribution in [0.25, 0.3) is 6.08 Å². The van der Waals surface area contributed by atoms with Crippen LogP contribution in [0.1, 0.15) is 18.4 Å². The van der Waals surface area contributed by atoms with Crippen LogP contribution >= 0.6 is 0 Å². The second-order valence-corrected chi connectivity index (χ2v) is 3.12. The highest BCUT2D eigenvalue weighted by Crippen LogP contribution is 2.13. The van der Waals surface area contributed by atoms with Crippen molar-refractivity contribution in [1.82, 2.24) is 0 Å². The molecule has 0 aliphatic rings. The number of rotatable bonds is 5. The van der Waals surface area contributed by atoms with E-state index in [-0.39, 0.29) is 12.4 Å². The van der Waals surface area contributed by atoms with Crippen LogP contribution in [0.3, 0.4) is 0 Å². The fourth-order valence-corrected chi connectivity index (χ4v) is 1.12. The molecule has 0 atom stereocenters. The summed E-state index contributed by atoms with van der Waals surface area (Å²) in [6.07, 6.45) is 1.53. The van der Waals surface area contributed by atoms with Crippen LogP contribution < -0.4 is 0 Å². The summed E-state index contributed by atoms with van der Waals surface area (Å²) in [7, 11) is 1.58. The number of hydrogen-bond donors (Lipinski definition) is 1. The average molecular weight is 210 g/mol. The Labute approximate surface area is 88.2 Å². The summed E-state index contributed by atoms with van der Waals surface area (Å²) in [4.78, 5) is 11.0. The van der Waals surface area contributed by atoms with Crippen molar-refractivity contribution in [3.8, 4) is 0 Å². The lowest BCUT2D eigenvalue weighted by molar-refractivity contribution is -0.113. The summed E-state index contributed by atoms with van der Waals surface area (Å²) in [6.45, 7) is 1.51. The molecular weight excluding hydrogens is 196 g/mol. The Balaban J connectivity index is 2.82. The van der Waals surface area contributed by atoms with E-state index in [4.69, 9.17) is 14.3 Å². The Hall–Kier alpha value is -1.39. The maximum absolute atomic E-state index is 11.0. The van der Waals surface area contributed by atoms with Gasteiger partial charge in [-0.25, -0.2) is 0 Å². The van der Waals surface area contributed by atoms with E-state index in [2.05, 4.69) is 0 Å². The Morgan fingerprint density at radius 3 is 2.87 bits per heavy atom. The summed E-state index contributed by atoms with van der Waals surface area (Å²) < 4.78 is 10.2. The monoisotopic (exact) mass is 210 g/mol. The zero-order chi connectivity index (χ0) is 11.3. The first-order chi connectivity index (χ1) is 7.17. The van der Waals surface area contributed by atoms with Crippen molar-refractivity contribution in [2.45, 2.75) is 13.5 Å². The summed E-state index contributed by atoms with van der Waals surface area (Å²) in [5.74, 6) is 1.06. The summed E-state index contributed by atoms with van der Waals surface area (Å²) in [5.41, 5.74) is 0.327. The van der Waals surface area contributed by atoms with Crippen molar-refractivity contribution in [2.75, 3.05) is 13.7 Å². The quantitative estimate of drug-likeness (QED) is 0.746. The van der Waals surface area contributed by atoms with Crippen molar-refractivity contribution in [2.24, 2.45) is 0 Å². The Morgan fingerprint density at radius 2 is 2.33 bits per heavy atom. The summed E-state index contributed by atoms with van der Waals surface area (Å²) in [6, 6.07) is 3.50. The van der Waals surface area contributed by atoms with Crippen LogP contribution in [0.2, 0.25) is 0 Å². The lowest BCUT2D eigenvalue weighted by atomic mass is 10.2. The molecule has 1 aromatic heterocycles. The number of ether oxygens (including phenoxy) is 1. The zero-order valence-corrected chi connectivity index (χ0v) is 8.82. The molecule has 0 aromatic carbocycles. The Morgan fingerprint density at radius 1 is 1.60 bits per heavy atom. The average Bonchev–Trinajstić information content (AvgIpc) is 2.62. The van der Waals surface area contributed by atoms with Crippen LogP contribution in [-0.2, 0) is 16.1 Å². The molecule has 0 unspecified atom stereocenters. The van der Waals surface area contributed by atoms with Gasteiger partial charge in [-0.2, -0.15) is 0 Å². The van der Waals surface area contributed by atoms with Gasteiger partial charge >= 0.3 is 0 Å². The SMILES string of the molecule is COCc1ccc(/C=C(/CO)C(C)=O)o1. The summed E-state index contributed by atoms with van der Waals surface area (Å²) in [5, 5.41) is 8.91. The van der Waals surface area contributed by atoms with Gasteiger partial charge in [0.15, 0.2) is 5.78 Å². The number of ketones is 1. The highest BCUT2D eigenvalue weighted by atomic mass is 16.5. The lowest BCUT2D eigenvalue weighted by Crippen LogP contribution is -2.00. The molecule has 1 N–H and O–H groups in total. The van der Waals surface area contributed by atoms with Crippen LogP contribution in [0.4, 0.5) is 0 Å². The number of furan rings is 1. The Kier molecular flexibility index (Phi) is 4.27. The van der Waals surface area contributed by atoms with Crippen molar-refractivity contribution in [3.63, 3.8) is 0 Å². The summed E-state index contributed by atoms with van der Waals surface area (Å²) >= 11 is 0. The van der Waals surface area contributed by atoms with Crippen molar-refractivity contribution >= 4 is 11.9 Å². The molecule has 1 rings (SSSR count). The van der Waals surface area contributed by atoms with Gasteiger partial charge in [-0.05, 0) is 25.1 Å². The van der Waals surface area contributed by atoms with Gasteiger partial charge in [0.05, 0.1) is 6.61 Å². The molecule has 82 valence electrons. The smallest absolute Gasteiger partial charge is 0.158 e. The van der Waals surface area contributed by atoms with Gasteiger partial charge in [0.1, 0.15) is 18.1 Å². The molecule has 0 radical (unpaired) electrons. The number of carbonyl (C=O) groups is 1. The molecule has 0 amide bonds. The van der Waals surface area contributed by atoms with Gasteiger partial charge < -0.3 is 14.3 Å². The fraction of sp³-hybridized carbons (Fsp3) is 0.364. The molecular formula is C11H14O4. The number of aliphatic hydroxyl groups is 1. The molecule has 0 spiro atoms. The zero-order valence-electron chi connectivity index (χ0n) is 8.82. The third kappa shape index (κ3) is 3.34. The topological polar surface area (TPSA) is 59.7 Å². The molecule has 1 aromatic rings. The van der Waals surface area contributed by atoms with E-state index in [1.54, 1.807) is 19.2 Å². The number of aliphatic hydroxyl groups excluding tert-OH is 1. The molecule has 0 saturated carbocycles. The molecule has 0 fully saturated rings. The molecule has 0 aliphatic carbocycles. The van der Waals surface area contributed by atoms with Gasteiger partial charge in [0, 0.05) is 12.7 Å². The molecule has 4 nitrogen and oxygen atoms in total. The molecule has 0 saturated heterocycles. The molecule has 0 bridgehead atoms. The molecule has 4 heteroatoms. The van der Waals surface area contributed by atoms with Crippen LogP contribution in [-0.4, -0.2) is 24.6 Å². The van der Waals surface area contributed by atoms with E-state index in [0.717, 1.165) is 0 Å². The van der Waals surface area contributed by atoms with E-state index in [1.165, 1.54) is 13.0 Å². The maximum atomic E-state index is 11.0. The van der Waals surface area contributed by atoms with Gasteiger partial charge in [-0.3, -0.25) is 4.79 Å². The minimum absolute atomic E-state index is 0.165. The maximum Gasteiger partial charge on any atom is 0.158 e. The second-order valence-electron chi connectivity index (χ2n) is 3.12. The van der Waals surface area contributed by atoms with E-state index in [9.17, 15) is 4.79 Å². The minimum Gasteiger partial charge on any atom is -0.459 e. The Bertz CT molecular complexity index is 362. The third-order valence-electron chi connectivity index (χ3n) is 1.91. The number of Topliss-reactive ketones (excluding diaryl/α,β-unsaturated/α-hetero) is 1. The van der Waals surface area contributed by atoms with E-state index >= 15 is 0 Å². The van der Waals surface area contributed by atoms with E-state index < -0.39 is 0 Å². The van der Waals surface area contributed by atoms with Gasteiger partial charge in [-0.1, -0.05) is 0 Å². The van der Waals surface area contributed by atoms with E-state index in [1.807, 2.05) is 0 Å². The standard InChI is InChI=1S/C11H14O4/c1-8(13)9(6-12)5-10-3-4-11(15-10)7-14-2/h3-5,12H,6-7H2,1-2H3/b9-5-. The van der Waals surface area contributed by atoms with Crippen molar-refractivity contribution in [3.05, 3.63) is 29.2 Å². The minimum atomic E-state index is -0.282. The highest BCUT2D eigenvalue weighted by molar-refractivity contribution is 5.97. The first-order valence-electron chi connectivity index (χ1n) is 4.57. The lowest BCUT2D eigenvalue weighted by Gasteiger charge is -1.96. The third-order valence-corrected chi connectivity index (χ3v) is 1.91. The molecule has 1 heterocycles. The second kappa shape index (κ2) is 5.48. The van der Waals surface area contributed by atoms with Crippen molar-refractivity contribution in [1.29, 1.82) is 0 Å². The van der Waals surface area contributed by atoms with Gasteiger partial charge in [0.25, 0.3) is 0 Å². The first-order valence-corrected chi connectivity index (χ1v) is 4.57. The number of methoxy groups -OCH3 is 1. The van der Waals surface area contributed by atoms with Crippen molar-refractivity contribution < 1.29 is 19.1 Å².